The van der Waals surface area contributed by atoms with Crippen molar-refractivity contribution in [2.24, 2.45) is 0 Å². The zero-order valence-corrected chi connectivity index (χ0v) is 8.99. The van der Waals surface area contributed by atoms with Crippen molar-refractivity contribution in [2.75, 3.05) is 7.11 Å². The normalized spacial score (nSPS) is 15.1. The molecule has 0 aliphatic heterocycles. The zero-order valence-electron chi connectivity index (χ0n) is 8.99. The van der Waals surface area contributed by atoms with Gasteiger partial charge >= 0.3 is 6.01 Å². The average Bonchev–Trinajstić information content (AvgIpc) is 2.73. The van der Waals surface area contributed by atoms with Gasteiger partial charge in [-0.2, -0.15) is 9.50 Å². The molecule has 0 unspecified atom stereocenters. The minimum atomic E-state index is -0.0458. The summed E-state index contributed by atoms with van der Waals surface area (Å²) in [5.74, 6) is 0.391. The van der Waals surface area contributed by atoms with Gasteiger partial charge in [0.1, 0.15) is 0 Å². The number of hydrogen-bond acceptors (Lipinski definition) is 4. The van der Waals surface area contributed by atoms with E-state index in [9.17, 15) is 4.79 Å². The van der Waals surface area contributed by atoms with E-state index in [0.717, 1.165) is 36.9 Å². The number of H-pyrrole nitrogens is 1. The van der Waals surface area contributed by atoms with Crippen molar-refractivity contribution < 1.29 is 4.74 Å². The van der Waals surface area contributed by atoms with Gasteiger partial charge in [0.05, 0.1) is 12.8 Å². The quantitative estimate of drug-likeness (QED) is 0.750. The summed E-state index contributed by atoms with van der Waals surface area (Å²) in [6.45, 7) is 0. The number of ether oxygens (including phenoxy) is 1. The van der Waals surface area contributed by atoms with Crippen LogP contribution in [0.2, 0.25) is 0 Å². The first kappa shape index (κ1) is 9.38. The third-order valence-corrected chi connectivity index (χ3v) is 2.94. The molecule has 0 fully saturated rings. The summed E-state index contributed by atoms with van der Waals surface area (Å²) in [6, 6.07) is 0.312. The van der Waals surface area contributed by atoms with Gasteiger partial charge in [0.25, 0.3) is 11.3 Å². The maximum absolute atomic E-state index is 12.1. The number of nitrogens with one attached hydrogen (secondary N) is 1. The van der Waals surface area contributed by atoms with Crippen LogP contribution in [0.1, 0.15) is 24.1 Å². The van der Waals surface area contributed by atoms with Crippen LogP contribution >= 0.6 is 0 Å². The lowest BCUT2D eigenvalue weighted by Gasteiger charge is -2.12. The van der Waals surface area contributed by atoms with Crippen molar-refractivity contribution in [3.05, 3.63) is 21.6 Å². The Kier molecular flexibility index (Phi) is 1.95. The Morgan fingerprint density at radius 3 is 2.94 bits per heavy atom. The van der Waals surface area contributed by atoms with Crippen LogP contribution < -0.4 is 10.3 Å². The van der Waals surface area contributed by atoms with Crippen LogP contribution in [-0.4, -0.2) is 26.7 Å². The highest BCUT2D eigenvalue weighted by Gasteiger charge is 2.18. The molecule has 0 aromatic carbocycles. The topological polar surface area (TPSA) is 72.3 Å². The van der Waals surface area contributed by atoms with Crippen LogP contribution in [0.5, 0.6) is 6.01 Å². The largest absolute Gasteiger partial charge is 0.467 e. The molecule has 0 saturated carbocycles. The van der Waals surface area contributed by atoms with Gasteiger partial charge < -0.3 is 4.74 Å². The molecule has 3 rings (SSSR count). The molecule has 0 bridgehead atoms. The van der Waals surface area contributed by atoms with Crippen LogP contribution in [-0.2, 0) is 12.8 Å². The van der Waals surface area contributed by atoms with Gasteiger partial charge in [-0.1, -0.05) is 0 Å². The van der Waals surface area contributed by atoms with E-state index in [-0.39, 0.29) is 5.56 Å². The minimum absolute atomic E-state index is 0.0458. The fourth-order valence-electron chi connectivity index (χ4n) is 2.12. The van der Waals surface area contributed by atoms with Gasteiger partial charge in [0, 0.05) is 5.56 Å². The zero-order chi connectivity index (χ0) is 11.1. The van der Waals surface area contributed by atoms with Crippen molar-refractivity contribution in [1.82, 2.24) is 19.6 Å². The third kappa shape index (κ3) is 1.22. The van der Waals surface area contributed by atoms with E-state index < -0.39 is 0 Å². The van der Waals surface area contributed by atoms with E-state index in [1.54, 1.807) is 0 Å². The monoisotopic (exact) mass is 220 g/mol. The van der Waals surface area contributed by atoms with Gasteiger partial charge in [-0.3, -0.25) is 4.79 Å². The Morgan fingerprint density at radius 1 is 1.31 bits per heavy atom. The Balaban J connectivity index is 2.32. The van der Waals surface area contributed by atoms with E-state index >= 15 is 0 Å². The van der Waals surface area contributed by atoms with Crippen LogP contribution in [0.4, 0.5) is 0 Å². The molecule has 16 heavy (non-hydrogen) atoms. The van der Waals surface area contributed by atoms with Crippen molar-refractivity contribution in [2.45, 2.75) is 25.7 Å². The first-order valence-electron chi connectivity index (χ1n) is 5.34. The second-order valence-corrected chi connectivity index (χ2v) is 3.92. The maximum atomic E-state index is 12.1. The van der Waals surface area contributed by atoms with Gasteiger partial charge in [0.2, 0.25) is 0 Å². The fraction of sp³-hybridized carbons (Fsp3) is 0.500. The summed E-state index contributed by atoms with van der Waals surface area (Å²) >= 11 is 0. The highest BCUT2D eigenvalue weighted by Crippen LogP contribution is 2.16. The Hall–Kier alpha value is -1.85. The van der Waals surface area contributed by atoms with Crippen molar-refractivity contribution >= 4 is 5.78 Å². The second-order valence-electron chi connectivity index (χ2n) is 3.92. The molecule has 6 nitrogen and oxygen atoms in total. The van der Waals surface area contributed by atoms with Gasteiger partial charge in [0.15, 0.2) is 0 Å². The number of rotatable bonds is 1. The molecule has 6 heteroatoms. The Labute approximate surface area is 91.3 Å². The van der Waals surface area contributed by atoms with Crippen LogP contribution in [0.25, 0.3) is 5.78 Å². The lowest BCUT2D eigenvalue weighted by molar-refractivity contribution is 0.380. The highest BCUT2D eigenvalue weighted by molar-refractivity contribution is 5.34. The van der Waals surface area contributed by atoms with Crippen molar-refractivity contribution in [3.63, 3.8) is 0 Å². The molecule has 1 aliphatic carbocycles. The lowest BCUT2D eigenvalue weighted by atomic mass is 9.97. The summed E-state index contributed by atoms with van der Waals surface area (Å²) in [5, 5.41) is 2.77. The summed E-state index contributed by atoms with van der Waals surface area (Å²) in [4.78, 5) is 20.6. The number of aromatic amines is 1. The molecule has 0 amide bonds. The number of hydrogen-bond donors (Lipinski definition) is 1. The van der Waals surface area contributed by atoms with E-state index in [2.05, 4.69) is 15.1 Å². The predicted molar refractivity (Wildman–Crippen MR) is 56.8 cm³/mol. The molecule has 1 aliphatic rings. The Bertz CT molecular complexity index is 599. The standard InChI is InChI=1S/C10H12N4O2/c1-16-10-12-9-11-7-5-3-2-4-6(7)8(15)14(9)13-10/h2-5H2,1H3,(H,11,12,13). The summed E-state index contributed by atoms with van der Waals surface area (Å²) in [7, 11) is 1.50. The van der Waals surface area contributed by atoms with E-state index in [1.807, 2.05) is 0 Å². The summed E-state index contributed by atoms with van der Waals surface area (Å²) in [5.41, 5.74) is 1.66. The van der Waals surface area contributed by atoms with Gasteiger partial charge in [-0.25, -0.2) is 10.1 Å². The van der Waals surface area contributed by atoms with Crippen LogP contribution in [0, 0.1) is 0 Å². The average molecular weight is 220 g/mol. The molecular weight excluding hydrogens is 208 g/mol. The first-order chi connectivity index (χ1) is 7.79. The first-order valence-corrected chi connectivity index (χ1v) is 5.34. The number of aromatic nitrogens is 4. The number of aryl methyl sites for hydroxylation is 1. The molecule has 0 atom stereocenters. The van der Waals surface area contributed by atoms with Crippen molar-refractivity contribution in [3.8, 4) is 6.01 Å². The second kappa shape index (κ2) is 3.33. The molecule has 1 N–H and O–H groups in total. The number of nitrogens with zero attached hydrogens (tertiary/aromatic N) is 3. The molecule has 0 saturated heterocycles. The van der Waals surface area contributed by atoms with Crippen LogP contribution in [0.15, 0.2) is 4.79 Å². The predicted octanol–water partition coefficient (Wildman–Crippen LogP) is 0.305. The van der Waals surface area contributed by atoms with E-state index in [0.29, 0.717) is 11.8 Å². The van der Waals surface area contributed by atoms with E-state index in [1.165, 1.54) is 11.6 Å². The smallest absolute Gasteiger partial charge is 0.312 e. The summed E-state index contributed by atoms with van der Waals surface area (Å²) < 4.78 is 6.30. The highest BCUT2D eigenvalue weighted by atomic mass is 16.5. The Morgan fingerprint density at radius 2 is 2.12 bits per heavy atom. The van der Waals surface area contributed by atoms with Crippen molar-refractivity contribution in [1.29, 1.82) is 0 Å². The molecule has 84 valence electrons. The fourth-order valence-corrected chi connectivity index (χ4v) is 2.12. The maximum Gasteiger partial charge on any atom is 0.312 e. The molecule has 2 aromatic rings. The minimum Gasteiger partial charge on any atom is -0.467 e. The third-order valence-electron chi connectivity index (χ3n) is 2.94. The number of methoxy groups -OCH3 is 1. The molecule has 2 aromatic heterocycles. The molecular formula is C10H12N4O2. The lowest BCUT2D eigenvalue weighted by Crippen LogP contribution is -2.25. The van der Waals surface area contributed by atoms with Gasteiger partial charge in [-0.05, 0) is 25.7 Å². The number of fused-ring (bicyclic) bond motifs is 2. The summed E-state index contributed by atoms with van der Waals surface area (Å²) in [6.07, 6.45) is 3.83. The van der Waals surface area contributed by atoms with E-state index in [4.69, 9.17) is 4.74 Å². The SMILES string of the molecule is COc1nc2nc3c(c(=O)n2[nH]1)CCCC3. The molecule has 2 heterocycles. The van der Waals surface area contributed by atoms with Crippen LogP contribution in [0.3, 0.4) is 0 Å². The molecule has 0 radical (unpaired) electrons. The molecule has 0 spiro atoms. The van der Waals surface area contributed by atoms with Gasteiger partial charge in [-0.15, -0.1) is 0 Å².